The number of benzene rings is 1. The van der Waals surface area contributed by atoms with Gasteiger partial charge in [0.1, 0.15) is 12.4 Å². The Balaban J connectivity index is 3.04. The molecule has 0 atom stereocenters. The Morgan fingerprint density at radius 1 is 1.57 bits per heavy atom. The van der Waals surface area contributed by atoms with Crippen LogP contribution in [0.4, 0.5) is 5.69 Å². The van der Waals surface area contributed by atoms with E-state index in [1.54, 1.807) is 6.07 Å². The Kier molecular flexibility index (Phi) is 2.97. The highest BCUT2D eigenvalue weighted by atomic mass is 16.5. The molecule has 0 aliphatic rings. The molecule has 0 saturated heterocycles. The van der Waals surface area contributed by atoms with Gasteiger partial charge in [-0.2, -0.15) is 0 Å². The molecule has 72 valence electrons. The molecule has 0 bridgehead atoms. The summed E-state index contributed by atoms with van der Waals surface area (Å²) in [4.78, 5) is 10.9. The lowest BCUT2D eigenvalue weighted by molar-refractivity contribution is 0.0997. The van der Waals surface area contributed by atoms with Crippen molar-refractivity contribution in [3.05, 3.63) is 23.8 Å². The van der Waals surface area contributed by atoms with Gasteiger partial charge in [-0.25, -0.2) is 0 Å². The lowest BCUT2D eigenvalue weighted by Gasteiger charge is -2.07. The van der Waals surface area contributed by atoms with E-state index in [2.05, 4.69) is 5.92 Å². The van der Waals surface area contributed by atoms with Crippen molar-refractivity contribution >= 4 is 11.6 Å². The van der Waals surface area contributed by atoms with E-state index >= 15 is 0 Å². The zero-order valence-electron chi connectivity index (χ0n) is 7.49. The standard InChI is InChI=1S/C10H10N2O2/c1-2-5-14-9-6-7(11)3-4-8(9)10(12)13/h1,3-4,6H,5,11H2,(H2,12,13). The number of nitrogens with two attached hydrogens (primary N) is 2. The fraction of sp³-hybridized carbons (Fsp3) is 0.100. The van der Waals surface area contributed by atoms with E-state index < -0.39 is 5.91 Å². The maximum atomic E-state index is 10.9. The van der Waals surface area contributed by atoms with Gasteiger partial charge in [0, 0.05) is 11.8 Å². The number of carbonyl (C=O) groups is 1. The van der Waals surface area contributed by atoms with Gasteiger partial charge in [-0.3, -0.25) is 4.79 Å². The summed E-state index contributed by atoms with van der Waals surface area (Å²) in [5.41, 5.74) is 11.4. The van der Waals surface area contributed by atoms with Gasteiger partial charge in [0.25, 0.3) is 5.91 Å². The highest BCUT2D eigenvalue weighted by Gasteiger charge is 2.08. The van der Waals surface area contributed by atoms with Gasteiger partial charge in [0.2, 0.25) is 0 Å². The first-order valence-electron chi connectivity index (χ1n) is 3.90. The minimum atomic E-state index is -0.572. The molecule has 0 fully saturated rings. The third-order valence-corrected chi connectivity index (χ3v) is 1.58. The molecule has 1 aromatic carbocycles. The minimum Gasteiger partial charge on any atom is -0.480 e. The summed E-state index contributed by atoms with van der Waals surface area (Å²) in [6, 6.07) is 4.59. The van der Waals surface area contributed by atoms with Crippen molar-refractivity contribution < 1.29 is 9.53 Å². The lowest BCUT2D eigenvalue weighted by Crippen LogP contribution is -2.13. The third kappa shape index (κ3) is 2.17. The molecule has 4 nitrogen and oxygen atoms in total. The second-order valence-electron chi connectivity index (χ2n) is 2.61. The Morgan fingerprint density at radius 3 is 2.86 bits per heavy atom. The van der Waals surface area contributed by atoms with Crippen molar-refractivity contribution in [2.24, 2.45) is 5.73 Å². The number of ether oxygens (including phenoxy) is 1. The van der Waals surface area contributed by atoms with Gasteiger partial charge in [-0.05, 0) is 12.1 Å². The van der Waals surface area contributed by atoms with E-state index in [9.17, 15) is 4.79 Å². The van der Waals surface area contributed by atoms with Gasteiger partial charge in [-0.1, -0.05) is 5.92 Å². The first kappa shape index (κ1) is 9.93. The number of rotatable bonds is 3. The zero-order chi connectivity index (χ0) is 10.6. The first-order chi connectivity index (χ1) is 6.65. The fourth-order valence-electron chi connectivity index (χ4n) is 0.981. The summed E-state index contributed by atoms with van der Waals surface area (Å²) in [5.74, 6) is 2.03. The molecule has 4 N–H and O–H groups in total. The van der Waals surface area contributed by atoms with Crippen LogP contribution >= 0.6 is 0 Å². The van der Waals surface area contributed by atoms with Crippen molar-refractivity contribution in [1.29, 1.82) is 0 Å². The van der Waals surface area contributed by atoms with Crippen LogP contribution < -0.4 is 16.2 Å². The summed E-state index contributed by atoms with van der Waals surface area (Å²) >= 11 is 0. The molecule has 1 rings (SSSR count). The van der Waals surface area contributed by atoms with Crippen molar-refractivity contribution in [2.45, 2.75) is 0 Å². The maximum Gasteiger partial charge on any atom is 0.252 e. The Hall–Kier alpha value is -2.15. The lowest BCUT2D eigenvalue weighted by atomic mass is 10.2. The number of hydrogen-bond acceptors (Lipinski definition) is 3. The molecule has 0 saturated carbocycles. The van der Waals surface area contributed by atoms with E-state index in [0.717, 1.165) is 0 Å². The summed E-state index contributed by atoms with van der Waals surface area (Å²) < 4.78 is 5.11. The van der Waals surface area contributed by atoms with Crippen LogP contribution in [0.2, 0.25) is 0 Å². The summed E-state index contributed by atoms with van der Waals surface area (Å²) in [7, 11) is 0. The van der Waals surface area contributed by atoms with Crippen molar-refractivity contribution in [3.8, 4) is 18.1 Å². The van der Waals surface area contributed by atoms with E-state index in [1.807, 2.05) is 0 Å². The molecule has 14 heavy (non-hydrogen) atoms. The molecule has 0 aliphatic heterocycles. The molecule has 0 aliphatic carbocycles. The van der Waals surface area contributed by atoms with E-state index in [-0.39, 0.29) is 12.2 Å². The van der Waals surface area contributed by atoms with Gasteiger partial charge < -0.3 is 16.2 Å². The number of anilines is 1. The number of primary amides is 1. The predicted octanol–water partition coefficient (Wildman–Crippen LogP) is 0.380. The Labute approximate surface area is 81.8 Å². The average molecular weight is 190 g/mol. The topological polar surface area (TPSA) is 78.3 Å². The summed E-state index contributed by atoms with van der Waals surface area (Å²) in [5, 5.41) is 0. The van der Waals surface area contributed by atoms with Gasteiger partial charge in [-0.15, -0.1) is 6.42 Å². The molecule has 0 spiro atoms. The molecule has 0 aromatic heterocycles. The molecule has 1 aromatic rings. The largest absolute Gasteiger partial charge is 0.480 e. The summed E-state index contributed by atoms with van der Waals surface area (Å²) in [6.45, 7) is 0.0731. The number of amides is 1. The number of terminal acetylenes is 1. The highest BCUT2D eigenvalue weighted by molar-refractivity contribution is 5.96. The number of carbonyl (C=O) groups excluding carboxylic acids is 1. The molecule has 0 heterocycles. The molecule has 1 amide bonds. The number of nitrogen functional groups attached to an aromatic ring is 1. The predicted molar refractivity (Wildman–Crippen MR) is 53.7 cm³/mol. The molecular formula is C10H10N2O2. The third-order valence-electron chi connectivity index (χ3n) is 1.58. The van der Waals surface area contributed by atoms with Crippen LogP contribution in [0.15, 0.2) is 18.2 Å². The van der Waals surface area contributed by atoms with E-state index in [1.165, 1.54) is 12.1 Å². The smallest absolute Gasteiger partial charge is 0.252 e. The molecule has 0 radical (unpaired) electrons. The van der Waals surface area contributed by atoms with Crippen LogP contribution in [0.25, 0.3) is 0 Å². The van der Waals surface area contributed by atoms with Crippen LogP contribution in [0, 0.1) is 12.3 Å². The van der Waals surface area contributed by atoms with Crippen molar-refractivity contribution in [2.75, 3.05) is 12.3 Å². The van der Waals surface area contributed by atoms with Gasteiger partial charge in [0.15, 0.2) is 0 Å². The van der Waals surface area contributed by atoms with Crippen molar-refractivity contribution in [3.63, 3.8) is 0 Å². The van der Waals surface area contributed by atoms with E-state index in [0.29, 0.717) is 11.4 Å². The monoisotopic (exact) mass is 190 g/mol. The van der Waals surface area contributed by atoms with Crippen molar-refractivity contribution in [1.82, 2.24) is 0 Å². The molecule has 4 heteroatoms. The second-order valence-corrected chi connectivity index (χ2v) is 2.61. The number of hydrogen-bond donors (Lipinski definition) is 2. The Morgan fingerprint density at radius 2 is 2.29 bits per heavy atom. The Bertz CT molecular complexity index is 394. The SMILES string of the molecule is C#CCOc1cc(N)ccc1C(N)=O. The normalized spacial score (nSPS) is 9.07. The first-order valence-corrected chi connectivity index (χ1v) is 3.90. The van der Waals surface area contributed by atoms with Crippen LogP contribution in [-0.2, 0) is 0 Å². The quantitative estimate of drug-likeness (QED) is 0.534. The average Bonchev–Trinajstić information content (AvgIpc) is 2.14. The highest BCUT2D eigenvalue weighted by Crippen LogP contribution is 2.21. The van der Waals surface area contributed by atoms with Crippen LogP contribution in [0.1, 0.15) is 10.4 Å². The zero-order valence-corrected chi connectivity index (χ0v) is 7.49. The van der Waals surface area contributed by atoms with E-state index in [4.69, 9.17) is 22.6 Å². The second kappa shape index (κ2) is 4.19. The summed E-state index contributed by atoms with van der Waals surface area (Å²) in [6.07, 6.45) is 5.02. The van der Waals surface area contributed by atoms with Crippen LogP contribution in [0.5, 0.6) is 5.75 Å². The molecular weight excluding hydrogens is 180 g/mol. The maximum absolute atomic E-state index is 10.9. The van der Waals surface area contributed by atoms with Gasteiger partial charge >= 0.3 is 0 Å². The minimum absolute atomic E-state index is 0.0731. The van der Waals surface area contributed by atoms with Crippen LogP contribution in [-0.4, -0.2) is 12.5 Å². The fourth-order valence-corrected chi connectivity index (χ4v) is 0.981. The van der Waals surface area contributed by atoms with Gasteiger partial charge in [0.05, 0.1) is 5.56 Å². The van der Waals surface area contributed by atoms with Crippen LogP contribution in [0.3, 0.4) is 0 Å². The molecule has 0 unspecified atom stereocenters.